The van der Waals surface area contributed by atoms with E-state index < -0.39 is 0 Å². The summed E-state index contributed by atoms with van der Waals surface area (Å²) in [6.45, 7) is 4.52. The van der Waals surface area contributed by atoms with Gasteiger partial charge in [-0.15, -0.1) is 0 Å². The molecule has 2 fully saturated rings. The summed E-state index contributed by atoms with van der Waals surface area (Å²) in [7, 11) is 0. The van der Waals surface area contributed by atoms with Crippen LogP contribution in [0.4, 0.5) is 5.69 Å². The summed E-state index contributed by atoms with van der Waals surface area (Å²) >= 11 is 0. The Bertz CT molecular complexity index is 822. The number of benzene rings is 1. The number of likely N-dealkylation sites (tertiary alicyclic amines) is 1. The molecule has 6 heteroatoms. The first-order chi connectivity index (χ1) is 11.6. The van der Waals surface area contributed by atoms with E-state index in [0.717, 1.165) is 29.8 Å². The summed E-state index contributed by atoms with van der Waals surface area (Å²) in [6, 6.07) is 5.50. The molecule has 2 aromatic rings. The zero-order valence-corrected chi connectivity index (χ0v) is 13.3. The van der Waals surface area contributed by atoms with E-state index in [4.69, 9.17) is 4.42 Å². The number of carbonyl (C=O) groups is 2. The molecule has 1 aromatic heterocycles. The highest BCUT2D eigenvalue weighted by Crippen LogP contribution is 2.40. The first-order valence-electron chi connectivity index (χ1n) is 8.27. The Kier molecular flexibility index (Phi) is 3.59. The summed E-state index contributed by atoms with van der Waals surface area (Å²) < 4.78 is 5.73. The van der Waals surface area contributed by atoms with E-state index in [0.29, 0.717) is 31.1 Å². The van der Waals surface area contributed by atoms with Crippen LogP contribution in [0.3, 0.4) is 0 Å². The maximum Gasteiger partial charge on any atom is 0.245 e. The number of anilines is 1. The van der Waals surface area contributed by atoms with Crippen molar-refractivity contribution in [2.24, 2.45) is 5.92 Å². The fourth-order valence-electron chi connectivity index (χ4n) is 3.08. The maximum absolute atomic E-state index is 12.4. The lowest BCUT2D eigenvalue weighted by atomic mass is 10.1. The molecular formula is C18H19N3O3. The zero-order chi connectivity index (χ0) is 16.7. The van der Waals surface area contributed by atoms with E-state index in [1.807, 2.05) is 18.2 Å². The molecule has 1 N–H and O–H groups in total. The second-order valence-electron chi connectivity index (χ2n) is 6.47. The molecule has 0 bridgehead atoms. The molecular weight excluding hydrogens is 306 g/mol. The Hall–Kier alpha value is -2.63. The van der Waals surface area contributed by atoms with Crippen molar-refractivity contribution >= 4 is 28.6 Å². The fraction of sp³-hybridized carbons (Fsp3) is 0.389. The van der Waals surface area contributed by atoms with Crippen molar-refractivity contribution in [2.45, 2.75) is 25.2 Å². The van der Waals surface area contributed by atoms with Crippen molar-refractivity contribution in [2.75, 3.05) is 18.4 Å². The topological polar surface area (TPSA) is 75.4 Å². The number of nitrogens with one attached hydrogen (secondary N) is 1. The van der Waals surface area contributed by atoms with Crippen LogP contribution in [0.2, 0.25) is 0 Å². The van der Waals surface area contributed by atoms with E-state index in [1.54, 1.807) is 4.90 Å². The number of hydrogen-bond donors (Lipinski definition) is 1. The van der Waals surface area contributed by atoms with E-state index in [1.165, 1.54) is 6.08 Å². The summed E-state index contributed by atoms with van der Waals surface area (Å²) in [5, 5.41) is 2.92. The quantitative estimate of drug-likeness (QED) is 0.877. The number of fused-ring (bicyclic) bond motifs is 1. The van der Waals surface area contributed by atoms with Crippen LogP contribution in [-0.2, 0) is 9.59 Å². The molecule has 1 saturated heterocycles. The number of oxazole rings is 1. The fourth-order valence-corrected chi connectivity index (χ4v) is 3.08. The molecule has 24 heavy (non-hydrogen) atoms. The van der Waals surface area contributed by atoms with Crippen molar-refractivity contribution in [3.63, 3.8) is 0 Å². The number of nitrogens with zero attached hydrogens (tertiary/aromatic N) is 2. The van der Waals surface area contributed by atoms with Gasteiger partial charge in [-0.1, -0.05) is 6.58 Å². The Morgan fingerprint density at radius 1 is 1.33 bits per heavy atom. The van der Waals surface area contributed by atoms with Crippen LogP contribution >= 0.6 is 0 Å². The molecule has 1 unspecified atom stereocenters. The molecule has 4 rings (SSSR count). The smallest absolute Gasteiger partial charge is 0.245 e. The molecule has 2 aliphatic rings. The number of carbonyl (C=O) groups excluding carboxylic acids is 2. The molecule has 1 atom stereocenters. The lowest BCUT2D eigenvalue weighted by Gasteiger charge is -2.14. The lowest BCUT2D eigenvalue weighted by Crippen LogP contribution is -2.30. The first-order valence-corrected chi connectivity index (χ1v) is 8.27. The minimum absolute atomic E-state index is 0.0698. The van der Waals surface area contributed by atoms with Crippen molar-refractivity contribution < 1.29 is 14.0 Å². The third kappa shape index (κ3) is 2.79. The average Bonchev–Trinajstić information content (AvgIpc) is 3.16. The molecule has 1 aliphatic heterocycles. The van der Waals surface area contributed by atoms with Crippen molar-refractivity contribution in [1.82, 2.24) is 9.88 Å². The first kappa shape index (κ1) is 14.9. The molecule has 2 amide bonds. The normalized spacial score (nSPS) is 20.3. The summed E-state index contributed by atoms with van der Waals surface area (Å²) in [5.74, 6) is 0.871. The molecule has 124 valence electrons. The van der Waals surface area contributed by atoms with Gasteiger partial charge >= 0.3 is 0 Å². The van der Waals surface area contributed by atoms with Crippen molar-refractivity contribution in [3.05, 3.63) is 36.7 Å². The van der Waals surface area contributed by atoms with Gasteiger partial charge in [0.05, 0.1) is 5.92 Å². The zero-order valence-electron chi connectivity index (χ0n) is 13.3. The number of amides is 2. The van der Waals surface area contributed by atoms with Gasteiger partial charge in [-0.25, -0.2) is 4.98 Å². The van der Waals surface area contributed by atoms with Crippen LogP contribution < -0.4 is 5.32 Å². The Morgan fingerprint density at radius 3 is 2.92 bits per heavy atom. The van der Waals surface area contributed by atoms with Gasteiger partial charge in [0.25, 0.3) is 0 Å². The average molecular weight is 325 g/mol. The minimum Gasteiger partial charge on any atom is -0.440 e. The van der Waals surface area contributed by atoms with Crippen molar-refractivity contribution in [1.29, 1.82) is 0 Å². The molecule has 6 nitrogen and oxygen atoms in total. The number of hydrogen-bond acceptors (Lipinski definition) is 4. The number of aromatic nitrogens is 1. The molecule has 1 aliphatic carbocycles. The largest absolute Gasteiger partial charge is 0.440 e. The second kappa shape index (κ2) is 5.78. The molecule has 1 saturated carbocycles. The van der Waals surface area contributed by atoms with Gasteiger partial charge in [0.2, 0.25) is 11.8 Å². The monoisotopic (exact) mass is 325 g/mol. The van der Waals surface area contributed by atoms with E-state index in [-0.39, 0.29) is 17.7 Å². The van der Waals surface area contributed by atoms with Crippen molar-refractivity contribution in [3.8, 4) is 0 Å². The van der Waals surface area contributed by atoms with Crippen LogP contribution in [0.1, 0.15) is 31.1 Å². The third-order valence-electron chi connectivity index (χ3n) is 4.64. The predicted molar refractivity (Wildman–Crippen MR) is 89.5 cm³/mol. The SMILES string of the molecule is C=CC(=O)N1CCC(C(=O)Nc2ccc3oc(C4CC4)nc3c2)C1. The Balaban J connectivity index is 1.44. The van der Waals surface area contributed by atoms with Gasteiger partial charge in [0.1, 0.15) is 5.52 Å². The van der Waals surface area contributed by atoms with E-state index in [9.17, 15) is 9.59 Å². The van der Waals surface area contributed by atoms with E-state index in [2.05, 4.69) is 16.9 Å². The summed E-state index contributed by atoms with van der Waals surface area (Å²) in [5.41, 5.74) is 2.22. The van der Waals surface area contributed by atoms with Crippen LogP contribution in [0.5, 0.6) is 0 Å². The third-order valence-corrected chi connectivity index (χ3v) is 4.64. The highest BCUT2D eigenvalue weighted by atomic mass is 16.3. The number of rotatable bonds is 4. The molecule has 2 heterocycles. The van der Waals surface area contributed by atoms with Crippen LogP contribution in [0, 0.1) is 5.92 Å². The van der Waals surface area contributed by atoms with Gasteiger partial charge in [-0.3, -0.25) is 9.59 Å². The molecule has 0 spiro atoms. The highest BCUT2D eigenvalue weighted by molar-refractivity contribution is 5.95. The summed E-state index contributed by atoms with van der Waals surface area (Å²) in [6.07, 6.45) is 4.23. The van der Waals surface area contributed by atoms with Gasteiger partial charge in [-0.05, 0) is 43.5 Å². The molecule has 1 aromatic carbocycles. The van der Waals surface area contributed by atoms with Gasteiger partial charge < -0.3 is 14.6 Å². The molecule has 0 radical (unpaired) electrons. The second-order valence-corrected chi connectivity index (χ2v) is 6.47. The van der Waals surface area contributed by atoms with E-state index >= 15 is 0 Å². The highest BCUT2D eigenvalue weighted by Gasteiger charge is 2.31. The Labute approximate surface area is 139 Å². The predicted octanol–water partition coefficient (Wildman–Crippen LogP) is 2.68. The summed E-state index contributed by atoms with van der Waals surface area (Å²) in [4.78, 5) is 30.2. The lowest BCUT2D eigenvalue weighted by molar-refractivity contribution is -0.125. The standard InChI is InChI=1S/C18H19N3O3/c1-2-16(22)21-8-7-12(10-21)17(23)19-13-5-6-15-14(9-13)20-18(24-15)11-3-4-11/h2,5-6,9,11-12H,1,3-4,7-8,10H2,(H,19,23). The Morgan fingerprint density at radius 2 is 2.17 bits per heavy atom. The van der Waals surface area contributed by atoms with Gasteiger partial charge in [0, 0.05) is 24.7 Å². The van der Waals surface area contributed by atoms with Crippen LogP contribution in [0.25, 0.3) is 11.1 Å². The maximum atomic E-state index is 12.4. The van der Waals surface area contributed by atoms with Gasteiger partial charge in [0.15, 0.2) is 11.5 Å². The van der Waals surface area contributed by atoms with Crippen LogP contribution in [0.15, 0.2) is 35.3 Å². The van der Waals surface area contributed by atoms with Crippen LogP contribution in [-0.4, -0.2) is 34.8 Å². The minimum atomic E-state index is -0.191. The van der Waals surface area contributed by atoms with Gasteiger partial charge in [-0.2, -0.15) is 0 Å².